The predicted molar refractivity (Wildman–Crippen MR) is 101 cm³/mol. The lowest BCUT2D eigenvalue weighted by molar-refractivity contribution is -0.130. The van der Waals surface area contributed by atoms with E-state index in [0.717, 1.165) is 43.6 Å². The number of rotatable bonds is 4. The summed E-state index contributed by atoms with van der Waals surface area (Å²) in [5, 5.41) is 2.95. The molecule has 6 heteroatoms. The first-order valence-corrected chi connectivity index (χ1v) is 9.59. The fraction of sp³-hybridized carbons (Fsp3) is 0.600. The van der Waals surface area contributed by atoms with Crippen molar-refractivity contribution in [1.29, 1.82) is 0 Å². The standard InChI is InChI=1S/C20H29N3O3/c1-15-13-23(14-16(2)26-15)20(25)21-18-8-5-17(6-9-18)7-10-19(24)22-11-3-4-12-22/h5-6,8-9,15-16H,3-4,7,10-14H2,1-2H3,(H,21,25). The number of morpholine rings is 1. The summed E-state index contributed by atoms with van der Waals surface area (Å²) in [7, 11) is 0. The number of amides is 3. The Kier molecular flexibility index (Phi) is 6.14. The Morgan fingerprint density at radius 3 is 2.27 bits per heavy atom. The quantitative estimate of drug-likeness (QED) is 0.899. The lowest BCUT2D eigenvalue weighted by Crippen LogP contribution is -2.49. The normalized spacial score (nSPS) is 23.2. The Hall–Kier alpha value is -2.08. The van der Waals surface area contributed by atoms with Gasteiger partial charge in [-0.25, -0.2) is 4.79 Å². The van der Waals surface area contributed by atoms with E-state index in [9.17, 15) is 9.59 Å². The first-order valence-electron chi connectivity index (χ1n) is 9.59. The molecule has 6 nitrogen and oxygen atoms in total. The van der Waals surface area contributed by atoms with Crippen LogP contribution in [0.15, 0.2) is 24.3 Å². The van der Waals surface area contributed by atoms with Crippen LogP contribution in [0.2, 0.25) is 0 Å². The molecule has 2 heterocycles. The molecule has 0 spiro atoms. The number of ether oxygens (including phenoxy) is 1. The molecular weight excluding hydrogens is 330 g/mol. The van der Waals surface area contributed by atoms with Gasteiger partial charge in [-0.2, -0.15) is 0 Å². The topological polar surface area (TPSA) is 61.9 Å². The minimum atomic E-state index is -0.0936. The number of aryl methyl sites for hydroxylation is 1. The fourth-order valence-electron chi connectivity index (χ4n) is 3.68. The molecule has 26 heavy (non-hydrogen) atoms. The lowest BCUT2D eigenvalue weighted by Gasteiger charge is -2.35. The Balaban J connectivity index is 1.47. The number of likely N-dealkylation sites (tertiary alicyclic amines) is 1. The van der Waals surface area contributed by atoms with E-state index in [0.29, 0.717) is 19.5 Å². The highest BCUT2D eigenvalue weighted by molar-refractivity contribution is 5.89. The maximum absolute atomic E-state index is 12.4. The van der Waals surface area contributed by atoms with Crippen LogP contribution >= 0.6 is 0 Å². The van der Waals surface area contributed by atoms with Crippen LogP contribution in [-0.2, 0) is 16.0 Å². The zero-order valence-electron chi connectivity index (χ0n) is 15.7. The van der Waals surface area contributed by atoms with Crippen LogP contribution in [0.25, 0.3) is 0 Å². The van der Waals surface area contributed by atoms with Crippen LogP contribution in [0.5, 0.6) is 0 Å². The van der Waals surface area contributed by atoms with Gasteiger partial charge in [0, 0.05) is 38.3 Å². The molecule has 2 aliphatic heterocycles. The maximum atomic E-state index is 12.4. The van der Waals surface area contributed by atoms with Gasteiger partial charge in [0.15, 0.2) is 0 Å². The van der Waals surface area contributed by atoms with E-state index >= 15 is 0 Å². The molecule has 0 radical (unpaired) electrons. The van der Waals surface area contributed by atoms with Gasteiger partial charge in [-0.1, -0.05) is 12.1 Å². The van der Waals surface area contributed by atoms with Crippen molar-refractivity contribution in [3.05, 3.63) is 29.8 Å². The number of benzene rings is 1. The van der Waals surface area contributed by atoms with Gasteiger partial charge in [-0.3, -0.25) is 4.79 Å². The number of anilines is 1. The fourth-order valence-corrected chi connectivity index (χ4v) is 3.68. The van der Waals surface area contributed by atoms with E-state index in [1.54, 1.807) is 4.90 Å². The van der Waals surface area contributed by atoms with Crippen molar-refractivity contribution in [3.8, 4) is 0 Å². The molecule has 1 N–H and O–H groups in total. The monoisotopic (exact) mass is 359 g/mol. The molecule has 0 aliphatic carbocycles. The van der Waals surface area contributed by atoms with Gasteiger partial charge in [0.2, 0.25) is 5.91 Å². The van der Waals surface area contributed by atoms with E-state index in [1.807, 2.05) is 43.0 Å². The molecule has 3 rings (SSSR count). The van der Waals surface area contributed by atoms with Crippen molar-refractivity contribution in [2.75, 3.05) is 31.5 Å². The Bertz CT molecular complexity index is 616. The zero-order valence-corrected chi connectivity index (χ0v) is 15.7. The third-order valence-electron chi connectivity index (χ3n) is 5.00. The molecule has 2 atom stereocenters. The molecule has 142 valence electrons. The summed E-state index contributed by atoms with van der Waals surface area (Å²) in [5.41, 5.74) is 1.89. The number of carbonyl (C=O) groups is 2. The number of hydrogen-bond acceptors (Lipinski definition) is 3. The zero-order chi connectivity index (χ0) is 18.5. The Morgan fingerprint density at radius 1 is 1.04 bits per heavy atom. The lowest BCUT2D eigenvalue weighted by atomic mass is 10.1. The molecule has 0 saturated carbocycles. The van der Waals surface area contributed by atoms with Gasteiger partial charge in [0.1, 0.15) is 0 Å². The van der Waals surface area contributed by atoms with E-state index in [1.165, 1.54) is 0 Å². The summed E-state index contributed by atoms with van der Waals surface area (Å²) in [4.78, 5) is 28.3. The average Bonchev–Trinajstić information content (AvgIpc) is 3.15. The molecule has 3 amide bonds. The smallest absolute Gasteiger partial charge is 0.322 e. The summed E-state index contributed by atoms with van der Waals surface area (Å²) in [6.45, 7) is 6.98. The molecule has 2 fully saturated rings. The molecule has 2 aliphatic rings. The van der Waals surface area contributed by atoms with E-state index in [2.05, 4.69) is 5.32 Å². The second-order valence-electron chi connectivity index (χ2n) is 7.38. The first kappa shape index (κ1) is 18.7. The van der Waals surface area contributed by atoms with Crippen molar-refractivity contribution in [1.82, 2.24) is 9.80 Å². The minimum Gasteiger partial charge on any atom is -0.372 e. The van der Waals surface area contributed by atoms with Crippen LogP contribution in [0.3, 0.4) is 0 Å². The molecule has 1 aromatic rings. The number of nitrogens with one attached hydrogen (secondary N) is 1. The van der Waals surface area contributed by atoms with E-state index < -0.39 is 0 Å². The van der Waals surface area contributed by atoms with Gasteiger partial charge in [-0.05, 0) is 50.8 Å². The number of nitrogens with zero attached hydrogens (tertiary/aromatic N) is 2. The molecule has 0 aromatic heterocycles. The highest BCUT2D eigenvalue weighted by Crippen LogP contribution is 2.16. The molecule has 2 unspecified atom stereocenters. The van der Waals surface area contributed by atoms with Gasteiger partial charge >= 0.3 is 6.03 Å². The van der Waals surface area contributed by atoms with Gasteiger partial charge in [0.05, 0.1) is 12.2 Å². The molecule has 1 aromatic carbocycles. The predicted octanol–water partition coefficient (Wildman–Crippen LogP) is 2.88. The highest BCUT2D eigenvalue weighted by Gasteiger charge is 2.25. The molecular formula is C20H29N3O3. The van der Waals surface area contributed by atoms with Crippen LogP contribution in [-0.4, -0.2) is 60.1 Å². The summed E-state index contributed by atoms with van der Waals surface area (Å²) in [6.07, 6.45) is 3.65. The van der Waals surface area contributed by atoms with Crippen LogP contribution in [0.4, 0.5) is 10.5 Å². The van der Waals surface area contributed by atoms with Gasteiger partial charge in [-0.15, -0.1) is 0 Å². The summed E-state index contributed by atoms with van der Waals surface area (Å²) >= 11 is 0. The van der Waals surface area contributed by atoms with Crippen molar-refractivity contribution >= 4 is 17.6 Å². The summed E-state index contributed by atoms with van der Waals surface area (Å²) < 4.78 is 5.66. The SMILES string of the molecule is CC1CN(C(=O)Nc2ccc(CCC(=O)N3CCCC3)cc2)CC(C)O1. The van der Waals surface area contributed by atoms with Crippen molar-refractivity contribution in [2.45, 2.75) is 51.7 Å². The first-order chi connectivity index (χ1) is 12.5. The number of carbonyl (C=O) groups excluding carboxylic acids is 2. The Morgan fingerprint density at radius 2 is 1.65 bits per heavy atom. The second kappa shape index (κ2) is 8.54. The van der Waals surface area contributed by atoms with Crippen LogP contribution in [0.1, 0.15) is 38.7 Å². The Labute approximate surface area is 155 Å². The maximum Gasteiger partial charge on any atom is 0.322 e. The molecule has 2 saturated heterocycles. The highest BCUT2D eigenvalue weighted by atomic mass is 16.5. The van der Waals surface area contributed by atoms with Crippen molar-refractivity contribution in [3.63, 3.8) is 0 Å². The largest absolute Gasteiger partial charge is 0.372 e. The van der Waals surface area contributed by atoms with E-state index in [-0.39, 0.29) is 24.1 Å². The van der Waals surface area contributed by atoms with Gasteiger partial charge < -0.3 is 19.9 Å². The number of urea groups is 1. The molecule has 0 bridgehead atoms. The third kappa shape index (κ3) is 4.97. The average molecular weight is 359 g/mol. The summed E-state index contributed by atoms with van der Waals surface area (Å²) in [6, 6.07) is 7.68. The van der Waals surface area contributed by atoms with E-state index in [4.69, 9.17) is 4.74 Å². The van der Waals surface area contributed by atoms with Crippen molar-refractivity contribution < 1.29 is 14.3 Å². The van der Waals surface area contributed by atoms with Crippen molar-refractivity contribution in [2.24, 2.45) is 0 Å². The van der Waals surface area contributed by atoms with Crippen LogP contribution < -0.4 is 5.32 Å². The third-order valence-corrected chi connectivity index (χ3v) is 5.00. The summed E-state index contributed by atoms with van der Waals surface area (Å²) in [5.74, 6) is 0.246. The second-order valence-corrected chi connectivity index (χ2v) is 7.38. The van der Waals surface area contributed by atoms with Crippen LogP contribution in [0, 0.1) is 0 Å². The number of hydrogen-bond donors (Lipinski definition) is 1. The minimum absolute atomic E-state index is 0.0556. The van der Waals surface area contributed by atoms with Gasteiger partial charge in [0.25, 0.3) is 0 Å².